The van der Waals surface area contributed by atoms with Crippen LogP contribution in [-0.4, -0.2) is 29.3 Å². The van der Waals surface area contributed by atoms with Crippen molar-refractivity contribution in [3.63, 3.8) is 0 Å². The first kappa shape index (κ1) is 11.8. The molecule has 0 aromatic carbocycles. The minimum Gasteiger partial charge on any atom is -0.342 e. The maximum Gasteiger partial charge on any atom is 0.225 e. The first-order valence-electron chi connectivity index (χ1n) is 5.61. The highest BCUT2D eigenvalue weighted by atomic mass is 35.5. The summed E-state index contributed by atoms with van der Waals surface area (Å²) in [5.41, 5.74) is 0. The lowest BCUT2D eigenvalue weighted by Crippen LogP contribution is -2.41. The van der Waals surface area contributed by atoms with Gasteiger partial charge in [-0.15, -0.1) is 11.6 Å². The number of alkyl halides is 1. The average molecular weight is 218 g/mol. The zero-order valence-electron chi connectivity index (χ0n) is 9.13. The highest BCUT2D eigenvalue weighted by molar-refractivity contribution is 6.20. The van der Waals surface area contributed by atoms with Gasteiger partial charge in [0.15, 0.2) is 0 Å². The Labute approximate surface area is 91.6 Å². The first-order valence-corrected chi connectivity index (χ1v) is 6.05. The molecule has 1 rings (SSSR count). The van der Waals surface area contributed by atoms with Gasteiger partial charge < -0.3 is 4.90 Å². The number of hydrogen-bond acceptors (Lipinski definition) is 1. The minimum atomic E-state index is 0.224. The van der Waals surface area contributed by atoms with E-state index in [0.717, 1.165) is 38.8 Å². The van der Waals surface area contributed by atoms with Crippen LogP contribution in [0.3, 0.4) is 0 Å². The molecule has 1 saturated heterocycles. The fraction of sp³-hybridized carbons (Fsp3) is 0.909. The van der Waals surface area contributed by atoms with Gasteiger partial charge in [0, 0.05) is 24.4 Å². The van der Waals surface area contributed by atoms with Crippen LogP contribution in [0.25, 0.3) is 0 Å². The van der Waals surface area contributed by atoms with Crippen molar-refractivity contribution in [3.8, 4) is 0 Å². The Balaban J connectivity index is 2.44. The number of amides is 1. The van der Waals surface area contributed by atoms with Crippen molar-refractivity contribution in [1.29, 1.82) is 0 Å². The number of rotatable bonds is 3. The van der Waals surface area contributed by atoms with Crippen LogP contribution >= 0.6 is 11.6 Å². The van der Waals surface area contributed by atoms with Crippen molar-refractivity contribution in [2.45, 2.75) is 44.9 Å². The Bertz CT molecular complexity index is 184. The maximum absolute atomic E-state index is 11.9. The zero-order chi connectivity index (χ0) is 10.6. The van der Waals surface area contributed by atoms with Crippen molar-refractivity contribution >= 4 is 17.5 Å². The van der Waals surface area contributed by atoms with Crippen LogP contribution in [0, 0.1) is 5.92 Å². The van der Waals surface area contributed by atoms with E-state index in [1.807, 2.05) is 4.90 Å². The third-order valence-corrected chi connectivity index (χ3v) is 3.51. The van der Waals surface area contributed by atoms with Gasteiger partial charge in [-0.2, -0.15) is 0 Å². The molecule has 1 heterocycles. The standard InChI is InChI=1S/C11H20ClNO/c1-3-9(4-2)11(14)13-7-5-10(12)6-8-13/h9-10H,3-8H2,1-2H3. The Kier molecular flexibility index (Phi) is 4.73. The third-order valence-electron chi connectivity index (χ3n) is 3.07. The Morgan fingerprint density at radius 3 is 2.29 bits per heavy atom. The summed E-state index contributed by atoms with van der Waals surface area (Å²) in [6.45, 7) is 5.87. The SMILES string of the molecule is CCC(CC)C(=O)N1CCC(Cl)CC1. The fourth-order valence-electron chi connectivity index (χ4n) is 1.96. The normalized spacial score (nSPS) is 19.0. The van der Waals surface area contributed by atoms with Crippen LogP contribution in [0.1, 0.15) is 39.5 Å². The summed E-state index contributed by atoms with van der Waals surface area (Å²) in [5, 5.41) is 0.278. The van der Waals surface area contributed by atoms with E-state index in [-0.39, 0.29) is 11.3 Å². The van der Waals surface area contributed by atoms with Crippen LogP contribution < -0.4 is 0 Å². The number of likely N-dealkylation sites (tertiary alicyclic amines) is 1. The highest BCUT2D eigenvalue weighted by Gasteiger charge is 2.25. The molecule has 1 fully saturated rings. The largest absolute Gasteiger partial charge is 0.342 e. The monoisotopic (exact) mass is 217 g/mol. The van der Waals surface area contributed by atoms with Gasteiger partial charge in [-0.3, -0.25) is 4.79 Å². The molecule has 0 unspecified atom stereocenters. The van der Waals surface area contributed by atoms with Crippen molar-refractivity contribution in [1.82, 2.24) is 4.90 Å². The second-order valence-electron chi connectivity index (χ2n) is 4.01. The molecule has 0 radical (unpaired) electrons. The van der Waals surface area contributed by atoms with Crippen LogP contribution in [0.5, 0.6) is 0 Å². The summed E-state index contributed by atoms with van der Waals surface area (Å²) in [4.78, 5) is 13.9. The summed E-state index contributed by atoms with van der Waals surface area (Å²) in [6, 6.07) is 0. The first-order chi connectivity index (χ1) is 6.69. The van der Waals surface area contributed by atoms with Gasteiger partial charge in [0.25, 0.3) is 0 Å². The van der Waals surface area contributed by atoms with Crippen LogP contribution in [0.4, 0.5) is 0 Å². The topological polar surface area (TPSA) is 20.3 Å². The zero-order valence-corrected chi connectivity index (χ0v) is 9.89. The number of carbonyl (C=O) groups excluding carboxylic acids is 1. The Morgan fingerprint density at radius 2 is 1.86 bits per heavy atom. The smallest absolute Gasteiger partial charge is 0.225 e. The molecule has 0 bridgehead atoms. The number of halogens is 1. The molecule has 82 valence electrons. The molecular weight excluding hydrogens is 198 g/mol. The van der Waals surface area contributed by atoms with Crippen molar-refractivity contribution in [2.24, 2.45) is 5.92 Å². The van der Waals surface area contributed by atoms with Crippen molar-refractivity contribution < 1.29 is 4.79 Å². The molecule has 3 heteroatoms. The van der Waals surface area contributed by atoms with Gasteiger partial charge >= 0.3 is 0 Å². The van der Waals surface area contributed by atoms with Gasteiger partial charge in [-0.25, -0.2) is 0 Å². The van der Waals surface area contributed by atoms with E-state index in [1.165, 1.54) is 0 Å². The fourth-order valence-corrected chi connectivity index (χ4v) is 2.16. The molecule has 2 nitrogen and oxygen atoms in total. The average Bonchev–Trinajstić information content (AvgIpc) is 2.20. The van der Waals surface area contributed by atoms with Gasteiger partial charge in [0.1, 0.15) is 0 Å². The second-order valence-corrected chi connectivity index (χ2v) is 4.63. The predicted molar refractivity (Wildman–Crippen MR) is 59.5 cm³/mol. The van der Waals surface area contributed by atoms with Crippen molar-refractivity contribution in [2.75, 3.05) is 13.1 Å². The second kappa shape index (κ2) is 5.59. The van der Waals surface area contributed by atoms with E-state index in [1.54, 1.807) is 0 Å². The third kappa shape index (κ3) is 2.88. The quantitative estimate of drug-likeness (QED) is 0.666. The maximum atomic E-state index is 11.9. The summed E-state index contributed by atoms with van der Waals surface area (Å²) < 4.78 is 0. The number of piperidine rings is 1. The summed E-state index contributed by atoms with van der Waals surface area (Å²) in [6.07, 6.45) is 3.81. The van der Waals surface area contributed by atoms with Crippen molar-refractivity contribution in [3.05, 3.63) is 0 Å². The minimum absolute atomic E-state index is 0.224. The van der Waals surface area contributed by atoms with E-state index >= 15 is 0 Å². The molecule has 0 N–H and O–H groups in total. The molecule has 1 aliphatic heterocycles. The van der Waals surface area contributed by atoms with E-state index < -0.39 is 0 Å². The molecular formula is C11H20ClNO. The molecule has 0 atom stereocenters. The van der Waals surface area contributed by atoms with E-state index in [0.29, 0.717) is 5.91 Å². The molecule has 1 amide bonds. The molecule has 0 aliphatic carbocycles. The number of nitrogens with zero attached hydrogens (tertiary/aromatic N) is 1. The van der Waals surface area contributed by atoms with E-state index in [9.17, 15) is 4.79 Å². The number of carbonyl (C=O) groups is 1. The molecule has 0 aromatic heterocycles. The van der Waals surface area contributed by atoms with Gasteiger partial charge in [-0.05, 0) is 25.7 Å². The molecule has 0 aromatic rings. The van der Waals surface area contributed by atoms with Crippen LogP contribution in [0.15, 0.2) is 0 Å². The van der Waals surface area contributed by atoms with Crippen LogP contribution in [-0.2, 0) is 4.79 Å². The predicted octanol–water partition coefficient (Wildman–Crippen LogP) is 2.65. The lowest BCUT2D eigenvalue weighted by Gasteiger charge is -2.31. The lowest BCUT2D eigenvalue weighted by atomic mass is 10.00. The van der Waals surface area contributed by atoms with E-state index in [4.69, 9.17) is 11.6 Å². The van der Waals surface area contributed by atoms with Gasteiger partial charge in [-0.1, -0.05) is 13.8 Å². The molecule has 0 spiro atoms. The summed E-state index contributed by atoms with van der Waals surface area (Å²) in [7, 11) is 0. The van der Waals surface area contributed by atoms with E-state index in [2.05, 4.69) is 13.8 Å². The Morgan fingerprint density at radius 1 is 1.36 bits per heavy atom. The molecule has 1 aliphatic rings. The summed E-state index contributed by atoms with van der Waals surface area (Å²) in [5.74, 6) is 0.556. The van der Waals surface area contributed by atoms with Gasteiger partial charge in [0.2, 0.25) is 5.91 Å². The number of hydrogen-bond donors (Lipinski definition) is 0. The van der Waals surface area contributed by atoms with Crippen LogP contribution in [0.2, 0.25) is 0 Å². The Hall–Kier alpha value is -0.240. The molecule has 14 heavy (non-hydrogen) atoms. The highest BCUT2D eigenvalue weighted by Crippen LogP contribution is 2.19. The molecule has 0 saturated carbocycles. The lowest BCUT2D eigenvalue weighted by molar-refractivity contribution is -0.136. The van der Waals surface area contributed by atoms with Gasteiger partial charge in [0.05, 0.1) is 0 Å². The summed E-state index contributed by atoms with van der Waals surface area (Å²) >= 11 is 6.00.